The maximum atomic E-state index is 11.3. The Balaban J connectivity index is 2.30. The Hall–Kier alpha value is -1.75. The highest BCUT2D eigenvalue weighted by atomic mass is 16.5. The number of methoxy groups -OCH3 is 1. The number of rotatable bonds is 7. The van der Waals surface area contributed by atoms with Crippen LogP contribution in [-0.2, 0) is 0 Å². The van der Waals surface area contributed by atoms with E-state index in [2.05, 4.69) is 17.6 Å². The summed E-state index contributed by atoms with van der Waals surface area (Å²) in [6.45, 7) is 2.95. The molecule has 0 radical (unpaired) electrons. The van der Waals surface area contributed by atoms with Crippen molar-refractivity contribution in [2.75, 3.05) is 26.8 Å². The summed E-state index contributed by atoms with van der Waals surface area (Å²) < 4.78 is 5.11. The summed E-state index contributed by atoms with van der Waals surface area (Å²) in [4.78, 5) is 11.3. The Morgan fingerprint density at radius 3 is 2.47 bits per heavy atom. The first-order valence-corrected chi connectivity index (χ1v) is 6.44. The van der Waals surface area contributed by atoms with Crippen LogP contribution < -0.4 is 15.4 Å². The fourth-order valence-corrected chi connectivity index (χ4v) is 1.73. The third kappa shape index (κ3) is 5.61. The molecular formula is C14H22N2O3. The van der Waals surface area contributed by atoms with Crippen LogP contribution in [0.3, 0.4) is 0 Å². The largest absolute Gasteiger partial charge is 0.497 e. The van der Waals surface area contributed by atoms with E-state index in [1.54, 1.807) is 7.11 Å². The molecule has 0 heterocycles. The first-order chi connectivity index (χ1) is 9.17. The number of urea groups is 1. The Bertz CT molecular complexity index is 379. The van der Waals surface area contributed by atoms with Crippen molar-refractivity contribution in [2.24, 2.45) is 0 Å². The molecule has 106 valence electrons. The lowest BCUT2D eigenvalue weighted by Gasteiger charge is -2.13. The van der Waals surface area contributed by atoms with Gasteiger partial charge in [-0.1, -0.05) is 19.1 Å². The molecule has 0 saturated carbocycles. The Kier molecular flexibility index (Phi) is 6.74. The number of carbonyl (C=O) groups is 1. The normalized spacial score (nSPS) is 11.7. The minimum absolute atomic E-state index is 0.0460. The highest BCUT2D eigenvalue weighted by molar-refractivity contribution is 5.73. The van der Waals surface area contributed by atoms with Crippen molar-refractivity contribution in [3.8, 4) is 5.75 Å². The molecule has 1 unspecified atom stereocenters. The molecule has 1 rings (SSSR count). The van der Waals surface area contributed by atoms with Crippen LogP contribution in [0.15, 0.2) is 24.3 Å². The zero-order valence-electron chi connectivity index (χ0n) is 11.5. The minimum atomic E-state index is -0.240. The van der Waals surface area contributed by atoms with Crippen molar-refractivity contribution in [3.05, 3.63) is 29.8 Å². The van der Waals surface area contributed by atoms with Crippen LogP contribution in [0.4, 0.5) is 4.79 Å². The van der Waals surface area contributed by atoms with Crippen molar-refractivity contribution >= 4 is 6.03 Å². The second-order valence-electron chi connectivity index (χ2n) is 4.37. The molecule has 0 spiro atoms. The van der Waals surface area contributed by atoms with E-state index in [9.17, 15) is 4.79 Å². The quantitative estimate of drug-likeness (QED) is 0.700. The fourth-order valence-electron chi connectivity index (χ4n) is 1.73. The second kappa shape index (κ2) is 8.37. The number of amides is 2. The third-order valence-electron chi connectivity index (χ3n) is 2.95. The molecule has 0 saturated heterocycles. The number of ether oxygens (including phenoxy) is 1. The van der Waals surface area contributed by atoms with Gasteiger partial charge in [-0.3, -0.25) is 0 Å². The van der Waals surface area contributed by atoms with Gasteiger partial charge in [-0.05, 0) is 30.0 Å². The number of hydrogen-bond acceptors (Lipinski definition) is 3. The van der Waals surface area contributed by atoms with E-state index in [1.807, 2.05) is 24.3 Å². The van der Waals surface area contributed by atoms with Crippen molar-refractivity contribution in [3.63, 3.8) is 0 Å². The van der Waals surface area contributed by atoms with E-state index in [1.165, 1.54) is 5.56 Å². The van der Waals surface area contributed by atoms with Gasteiger partial charge >= 0.3 is 6.03 Å². The van der Waals surface area contributed by atoms with Gasteiger partial charge in [-0.25, -0.2) is 4.79 Å². The van der Waals surface area contributed by atoms with Crippen LogP contribution in [0.2, 0.25) is 0 Å². The van der Waals surface area contributed by atoms with E-state index in [-0.39, 0.29) is 19.2 Å². The molecule has 5 heteroatoms. The lowest BCUT2D eigenvalue weighted by molar-refractivity contribution is 0.234. The minimum Gasteiger partial charge on any atom is -0.497 e. The molecule has 0 bridgehead atoms. The van der Waals surface area contributed by atoms with Crippen LogP contribution in [0.25, 0.3) is 0 Å². The van der Waals surface area contributed by atoms with Gasteiger partial charge < -0.3 is 20.5 Å². The van der Waals surface area contributed by atoms with E-state index >= 15 is 0 Å². The van der Waals surface area contributed by atoms with E-state index in [0.29, 0.717) is 12.5 Å². The summed E-state index contributed by atoms with van der Waals surface area (Å²) in [5.41, 5.74) is 1.22. The first kappa shape index (κ1) is 15.3. The van der Waals surface area contributed by atoms with Gasteiger partial charge in [0.15, 0.2) is 0 Å². The highest BCUT2D eigenvalue weighted by Gasteiger charge is 2.06. The number of benzene rings is 1. The maximum absolute atomic E-state index is 11.3. The fraction of sp³-hybridized carbons (Fsp3) is 0.500. The van der Waals surface area contributed by atoms with Crippen LogP contribution >= 0.6 is 0 Å². The summed E-state index contributed by atoms with van der Waals surface area (Å²) in [6, 6.07) is 7.71. The Morgan fingerprint density at radius 1 is 1.26 bits per heavy atom. The molecule has 0 aliphatic heterocycles. The molecule has 1 atom stereocenters. The van der Waals surface area contributed by atoms with Crippen LogP contribution in [0.5, 0.6) is 5.75 Å². The maximum Gasteiger partial charge on any atom is 0.314 e. The Morgan fingerprint density at radius 2 is 1.89 bits per heavy atom. The Labute approximate surface area is 114 Å². The number of nitrogens with one attached hydrogen (secondary N) is 2. The molecule has 0 aliphatic rings. The summed E-state index contributed by atoms with van der Waals surface area (Å²) in [5.74, 6) is 1.21. The third-order valence-corrected chi connectivity index (χ3v) is 2.95. The lowest BCUT2D eigenvalue weighted by atomic mass is 9.98. The van der Waals surface area contributed by atoms with Crippen molar-refractivity contribution in [1.82, 2.24) is 10.6 Å². The molecule has 1 aromatic rings. The first-order valence-electron chi connectivity index (χ1n) is 6.44. The van der Waals surface area contributed by atoms with Gasteiger partial charge in [0.2, 0.25) is 0 Å². The second-order valence-corrected chi connectivity index (χ2v) is 4.37. The van der Waals surface area contributed by atoms with Crippen LogP contribution in [0, 0.1) is 0 Å². The van der Waals surface area contributed by atoms with Gasteiger partial charge in [0.1, 0.15) is 5.75 Å². The number of aliphatic hydroxyl groups is 1. The predicted octanol–water partition coefficient (Wildman–Crippen LogP) is 1.48. The molecule has 2 amide bonds. The van der Waals surface area contributed by atoms with Crippen LogP contribution in [0.1, 0.15) is 24.8 Å². The van der Waals surface area contributed by atoms with Gasteiger partial charge in [-0.2, -0.15) is 0 Å². The molecule has 0 aliphatic carbocycles. The van der Waals surface area contributed by atoms with Crippen molar-refractivity contribution < 1.29 is 14.6 Å². The number of hydrogen-bond donors (Lipinski definition) is 3. The zero-order valence-corrected chi connectivity index (χ0v) is 11.5. The summed E-state index contributed by atoms with van der Waals surface area (Å²) in [5, 5.41) is 13.9. The topological polar surface area (TPSA) is 70.6 Å². The van der Waals surface area contributed by atoms with Gasteiger partial charge in [0, 0.05) is 13.1 Å². The smallest absolute Gasteiger partial charge is 0.314 e. The lowest BCUT2D eigenvalue weighted by Crippen LogP contribution is -2.37. The summed E-state index contributed by atoms with van der Waals surface area (Å²) >= 11 is 0. The van der Waals surface area contributed by atoms with E-state index < -0.39 is 0 Å². The van der Waals surface area contributed by atoms with Crippen LogP contribution in [-0.4, -0.2) is 37.9 Å². The average molecular weight is 266 g/mol. The highest BCUT2D eigenvalue weighted by Crippen LogP contribution is 2.21. The standard InChI is InChI=1S/C14H22N2O3/c1-11(7-8-15-14(18)16-9-10-17)12-3-5-13(19-2)6-4-12/h3-6,11,17H,7-10H2,1-2H3,(H2,15,16,18). The van der Waals surface area contributed by atoms with Gasteiger partial charge in [0.25, 0.3) is 0 Å². The molecule has 0 fully saturated rings. The number of carbonyl (C=O) groups excluding carboxylic acids is 1. The SMILES string of the molecule is COc1ccc(C(C)CCNC(=O)NCCO)cc1. The van der Waals surface area contributed by atoms with Gasteiger partial charge in [0.05, 0.1) is 13.7 Å². The molecule has 19 heavy (non-hydrogen) atoms. The zero-order chi connectivity index (χ0) is 14.1. The molecule has 3 N–H and O–H groups in total. The molecular weight excluding hydrogens is 244 g/mol. The van der Waals surface area contributed by atoms with Crippen molar-refractivity contribution in [2.45, 2.75) is 19.3 Å². The monoisotopic (exact) mass is 266 g/mol. The molecule has 5 nitrogen and oxygen atoms in total. The van der Waals surface area contributed by atoms with Gasteiger partial charge in [-0.15, -0.1) is 0 Å². The molecule has 1 aromatic carbocycles. The van der Waals surface area contributed by atoms with E-state index in [4.69, 9.17) is 9.84 Å². The molecule has 0 aromatic heterocycles. The van der Waals surface area contributed by atoms with E-state index in [0.717, 1.165) is 12.2 Å². The summed E-state index contributed by atoms with van der Waals surface area (Å²) in [6.07, 6.45) is 0.860. The number of aliphatic hydroxyl groups excluding tert-OH is 1. The predicted molar refractivity (Wildman–Crippen MR) is 74.5 cm³/mol. The average Bonchev–Trinajstić information content (AvgIpc) is 2.45. The van der Waals surface area contributed by atoms with Crippen molar-refractivity contribution in [1.29, 1.82) is 0 Å². The summed E-state index contributed by atoms with van der Waals surface area (Å²) in [7, 11) is 1.65.